The highest BCUT2D eigenvalue weighted by atomic mass is 32.2. The fraction of sp³-hybridized carbons (Fsp3) is 0.435. The summed E-state index contributed by atoms with van der Waals surface area (Å²) in [5.74, 6) is 0.884. The van der Waals surface area contributed by atoms with E-state index in [0.717, 1.165) is 48.5 Å². The van der Waals surface area contributed by atoms with Crippen molar-refractivity contribution < 1.29 is 13.2 Å². The summed E-state index contributed by atoms with van der Waals surface area (Å²) in [7, 11) is -1.49. The summed E-state index contributed by atoms with van der Waals surface area (Å²) in [6.07, 6.45) is 5.47. The van der Waals surface area contributed by atoms with Crippen molar-refractivity contribution in [3.8, 4) is 0 Å². The van der Waals surface area contributed by atoms with Gasteiger partial charge in [0.1, 0.15) is 11.3 Å². The van der Waals surface area contributed by atoms with Gasteiger partial charge in [-0.1, -0.05) is 18.6 Å². The number of nitrogens with zero attached hydrogens (tertiary/aromatic N) is 4. The minimum atomic E-state index is -3.26. The van der Waals surface area contributed by atoms with Crippen molar-refractivity contribution in [1.82, 2.24) is 19.4 Å². The Kier molecular flexibility index (Phi) is 5.60. The molecule has 1 atom stereocenters. The smallest absolute Gasteiger partial charge is 0.256 e. The zero-order valence-electron chi connectivity index (χ0n) is 18.4. The third-order valence-corrected chi connectivity index (χ3v) is 7.24. The number of carbonyl (C=O) groups excluding carboxylic acids is 1. The van der Waals surface area contributed by atoms with E-state index in [0.29, 0.717) is 11.1 Å². The van der Waals surface area contributed by atoms with Crippen LogP contribution in [-0.4, -0.2) is 47.1 Å². The summed E-state index contributed by atoms with van der Waals surface area (Å²) in [5.41, 5.74) is 3.68. The summed E-state index contributed by atoms with van der Waals surface area (Å²) in [6.45, 7) is 4.72. The Labute approximate surface area is 183 Å². The van der Waals surface area contributed by atoms with Gasteiger partial charge in [-0.05, 0) is 50.5 Å². The molecule has 7 nitrogen and oxygen atoms in total. The largest absolute Gasteiger partial charge is 0.335 e. The van der Waals surface area contributed by atoms with Crippen molar-refractivity contribution in [2.75, 3.05) is 13.3 Å². The molecule has 2 aromatic heterocycles. The molecule has 0 saturated heterocycles. The molecule has 0 unspecified atom stereocenters. The minimum Gasteiger partial charge on any atom is -0.335 e. The Morgan fingerprint density at radius 2 is 1.84 bits per heavy atom. The third kappa shape index (κ3) is 4.08. The molecule has 0 N–H and O–H groups in total. The fourth-order valence-electron chi connectivity index (χ4n) is 4.16. The van der Waals surface area contributed by atoms with Crippen molar-refractivity contribution in [3.05, 3.63) is 53.0 Å². The number of aromatic nitrogens is 3. The summed E-state index contributed by atoms with van der Waals surface area (Å²) < 4.78 is 25.6. The Hall–Kier alpha value is -2.74. The number of hydrogen-bond donors (Lipinski definition) is 0. The van der Waals surface area contributed by atoms with Gasteiger partial charge in [0, 0.05) is 32.0 Å². The molecule has 8 heteroatoms. The normalized spacial score (nSPS) is 15.4. The van der Waals surface area contributed by atoms with Crippen LogP contribution in [0.5, 0.6) is 0 Å². The van der Waals surface area contributed by atoms with Gasteiger partial charge in [-0.25, -0.2) is 18.4 Å². The first kappa shape index (κ1) is 21.5. The van der Waals surface area contributed by atoms with E-state index in [2.05, 4.69) is 4.57 Å². The SMILES string of the molecule is Cc1cc(C(=O)N(C)[C@@H](C)c2ccc(S(C)(=O)=O)cc2)c2nc3n(c2n1)CCCCC3. The van der Waals surface area contributed by atoms with Crippen LogP contribution in [0.1, 0.15) is 59.7 Å². The molecule has 3 heterocycles. The number of fused-ring (bicyclic) bond motifs is 3. The highest BCUT2D eigenvalue weighted by molar-refractivity contribution is 7.90. The monoisotopic (exact) mass is 440 g/mol. The number of sulfone groups is 1. The van der Waals surface area contributed by atoms with Crippen molar-refractivity contribution >= 4 is 26.9 Å². The Bertz CT molecular complexity index is 1250. The highest BCUT2D eigenvalue weighted by Gasteiger charge is 2.25. The summed E-state index contributed by atoms with van der Waals surface area (Å²) in [5, 5.41) is 0. The van der Waals surface area contributed by atoms with E-state index in [-0.39, 0.29) is 16.8 Å². The number of benzene rings is 1. The van der Waals surface area contributed by atoms with Crippen LogP contribution in [-0.2, 0) is 22.8 Å². The molecule has 0 fully saturated rings. The third-order valence-electron chi connectivity index (χ3n) is 6.11. The number of hydrogen-bond acceptors (Lipinski definition) is 5. The lowest BCUT2D eigenvalue weighted by Gasteiger charge is -2.26. The van der Waals surface area contributed by atoms with Gasteiger partial charge in [0.25, 0.3) is 5.91 Å². The zero-order valence-corrected chi connectivity index (χ0v) is 19.2. The van der Waals surface area contributed by atoms with Crippen LogP contribution in [0.15, 0.2) is 35.2 Å². The van der Waals surface area contributed by atoms with Crippen LogP contribution in [0.2, 0.25) is 0 Å². The van der Waals surface area contributed by atoms with Gasteiger partial charge < -0.3 is 9.47 Å². The molecule has 1 aliphatic rings. The predicted octanol–water partition coefficient (Wildman–Crippen LogP) is 3.70. The molecule has 4 rings (SSSR count). The first-order valence-electron chi connectivity index (χ1n) is 10.6. The number of aryl methyl sites for hydroxylation is 3. The van der Waals surface area contributed by atoms with Crippen LogP contribution < -0.4 is 0 Å². The van der Waals surface area contributed by atoms with E-state index in [1.807, 2.05) is 19.9 Å². The molecule has 1 amide bonds. The molecule has 0 saturated carbocycles. The van der Waals surface area contributed by atoms with Crippen LogP contribution in [0.3, 0.4) is 0 Å². The molecule has 0 bridgehead atoms. The summed E-state index contributed by atoms with van der Waals surface area (Å²) in [6, 6.07) is 8.27. The standard InChI is InChI=1S/C23H28N4O3S/c1-15-14-19(21-22(24-15)27-13-7-5-6-8-20(27)25-21)23(28)26(3)16(2)17-9-11-18(12-10-17)31(4,29)30/h9-12,14,16H,5-8,13H2,1-4H3/t16-/m0/s1. The highest BCUT2D eigenvalue weighted by Crippen LogP contribution is 2.27. The average Bonchev–Trinajstić information content (AvgIpc) is 2.92. The van der Waals surface area contributed by atoms with E-state index in [1.165, 1.54) is 12.7 Å². The maximum absolute atomic E-state index is 13.5. The van der Waals surface area contributed by atoms with Gasteiger partial charge in [0.05, 0.1) is 16.5 Å². The lowest BCUT2D eigenvalue weighted by atomic mass is 10.1. The topological polar surface area (TPSA) is 85.2 Å². The van der Waals surface area contributed by atoms with Gasteiger partial charge in [0.2, 0.25) is 0 Å². The van der Waals surface area contributed by atoms with Crippen molar-refractivity contribution in [1.29, 1.82) is 0 Å². The second-order valence-electron chi connectivity index (χ2n) is 8.41. The minimum absolute atomic E-state index is 0.122. The zero-order chi connectivity index (χ0) is 22.3. The molecule has 1 aliphatic heterocycles. The first-order valence-corrected chi connectivity index (χ1v) is 12.5. The fourth-order valence-corrected chi connectivity index (χ4v) is 4.79. The number of pyridine rings is 1. The van der Waals surface area contributed by atoms with Gasteiger partial charge in [-0.2, -0.15) is 0 Å². The Morgan fingerprint density at radius 1 is 1.13 bits per heavy atom. The van der Waals surface area contributed by atoms with Crippen LogP contribution in [0, 0.1) is 6.92 Å². The molecular formula is C23H28N4O3S. The van der Waals surface area contributed by atoms with Crippen LogP contribution in [0.4, 0.5) is 0 Å². The van der Waals surface area contributed by atoms with Crippen molar-refractivity contribution in [3.63, 3.8) is 0 Å². The lowest BCUT2D eigenvalue weighted by molar-refractivity contribution is 0.0744. The number of carbonyl (C=O) groups is 1. The molecule has 1 aromatic carbocycles. The van der Waals surface area contributed by atoms with E-state index in [4.69, 9.17) is 9.97 Å². The van der Waals surface area contributed by atoms with Gasteiger partial charge in [-0.15, -0.1) is 0 Å². The van der Waals surface area contributed by atoms with E-state index < -0.39 is 9.84 Å². The number of amides is 1. The molecule has 0 radical (unpaired) electrons. The first-order chi connectivity index (χ1) is 14.7. The number of rotatable bonds is 4. The van der Waals surface area contributed by atoms with E-state index in [1.54, 1.807) is 36.2 Å². The Balaban J connectivity index is 1.68. The predicted molar refractivity (Wildman–Crippen MR) is 120 cm³/mol. The maximum Gasteiger partial charge on any atom is 0.256 e. The maximum atomic E-state index is 13.5. The molecule has 164 valence electrons. The molecule has 3 aromatic rings. The van der Waals surface area contributed by atoms with Gasteiger partial charge in [-0.3, -0.25) is 4.79 Å². The summed E-state index contributed by atoms with van der Waals surface area (Å²) in [4.78, 5) is 24.9. The van der Waals surface area contributed by atoms with E-state index in [9.17, 15) is 13.2 Å². The lowest BCUT2D eigenvalue weighted by Crippen LogP contribution is -2.30. The van der Waals surface area contributed by atoms with Crippen molar-refractivity contribution in [2.24, 2.45) is 0 Å². The second-order valence-corrected chi connectivity index (χ2v) is 10.4. The van der Waals surface area contributed by atoms with Gasteiger partial charge >= 0.3 is 0 Å². The molecule has 0 spiro atoms. The number of imidazole rings is 1. The molecular weight excluding hydrogens is 412 g/mol. The molecule has 31 heavy (non-hydrogen) atoms. The van der Waals surface area contributed by atoms with Gasteiger partial charge in [0.15, 0.2) is 15.5 Å². The summed E-state index contributed by atoms with van der Waals surface area (Å²) >= 11 is 0. The van der Waals surface area contributed by atoms with Crippen molar-refractivity contribution in [2.45, 2.75) is 57.0 Å². The second kappa shape index (κ2) is 8.07. The molecule has 0 aliphatic carbocycles. The van der Waals surface area contributed by atoms with Crippen LogP contribution in [0.25, 0.3) is 11.2 Å². The average molecular weight is 441 g/mol. The van der Waals surface area contributed by atoms with E-state index >= 15 is 0 Å². The van der Waals surface area contributed by atoms with Crippen LogP contribution >= 0.6 is 0 Å². The Morgan fingerprint density at radius 3 is 2.52 bits per heavy atom. The quantitative estimate of drug-likeness (QED) is 0.617.